The topological polar surface area (TPSA) is 92.8 Å². The fourth-order valence-corrected chi connectivity index (χ4v) is 2.43. The summed E-state index contributed by atoms with van der Waals surface area (Å²) in [5.74, 6) is 0.430. The van der Waals surface area contributed by atoms with E-state index in [0.717, 1.165) is 9.13 Å². The number of carbonyl (C=O) groups is 1. The van der Waals surface area contributed by atoms with Gasteiger partial charge in [0, 0.05) is 0 Å². The van der Waals surface area contributed by atoms with Crippen LogP contribution < -0.4 is 10.5 Å². The van der Waals surface area contributed by atoms with Crippen molar-refractivity contribution in [3.05, 3.63) is 51.6 Å². The first kappa shape index (κ1) is 15.6. The first-order valence-electron chi connectivity index (χ1n) is 6.19. The highest BCUT2D eigenvalue weighted by atomic mass is 127. The summed E-state index contributed by atoms with van der Waals surface area (Å²) in [6.45, 7) is 0. The summed E-state index contributed by atoms with van der Waals surface area (Å²) in [6.07, 6.45) is 0.269. The van der Waals surface area contributed by atoms with E-state index in [-0.39, 0.29) is 12.2 Å². The molecule has 5 nitrogen and oxygen atoms in total. The summed E-state index contributed by atoms with van der Waals surface area (Å²) in [6, 6.07) is 10.9. The van der Waals surface area contributed by atoms with Crippen molar-refractivity contribution in [3.63, 3.8) is 0 Å². The molecule has 110 valence electrons. The van der Waals surface area contributed by atoms with E-state index in [9.17, 15) is 9.90 Å². The van der Waals surface area contributed by atoms with Gasteiger partial charge >= 0.3 is 5.97 Å². The Hall–Kier alpha value is -1.80. The van der Waals surface area contributed by atoms with Crippen molar-refractivity contribution in [1.29, 1.82) is 0 Å². The minimum Gasteiger partial charge on any atom is -0.508 e. The molecule has 0 bridgehead atoms. The van der Waals surface area contributed by atoms with Gasteiger partial charge in [-0.25, -0.2) is 0 Å². The van der Waals surface area contributed by atoms with E-state index in [1.165, 1.54) is 0 Å². The number of nitrogens with two attached hydrogens (primary N) is 1. The van der Waals surface area contributed by atoms with E-state index in [1.807, 2.05) is 6.07 Å². The zero-order chi connectivity index (χ0) is 15.4. The predicted octanol–water partition coefficient (Wildman–Crippen LogP) is 2.74. The maximum absolute atomic E-state index is 10.8. The molecule has 0 spiro atoms. The van der Waals surface area contributed by atoms with Crippen molar-refractivity contribution < 1.29 is 19.7 Å². The monoisotopic (exact) mass is 399 g/mol. The molecular weight excluding hydrogens is 385 g/mol. The largest absolute Gasteiger partial charge is 0.508 e. The molecule has 2 aromatic rings. The number of halogens is 1. The Labute approximate surface area is 135 Å². The van der Waals surface area contributed by atoms with Crippen molar-refractivity contribution in [2.24, 2.45) is 5.73 Å². The Morgan fingerprint density at radius 1 is 1.24 bits per heavy atom. The molecule has 4 N–H and O–H groups in total. The number of hydrogen-bond donors (Lipinski definition) is 3. The Balaban J connectivity index is 2.12. The number of carboxylic acids is 1. The second-order valence-corrected chi connectivity index (χ2v) is 5.67. The molecule has 0 amide bonds. The molecular formula is C15H14INO4. The lowest BCUT2D eigenvalue weighted by Crippen LogP contribution is -2.32. The number of carboxylic acid groups (broad SMARTS) is 1. The number of hydrogen-bond acceptors (Lipinski definition) is 4. The Kier molecular flexibility index (Phi) is 5.03. The molecule has 1 atom stereocenters. The average molecular weight is 399 g/mol. The predicted molar refractivity (Wildman–Crippen MR) is 86.7 cm³/mol. The van der Waals surface area contributed by atoms with Crippen LogP contribution in [0.5, 0.6) is 17.2 Å². The zero-order valence-corrected chi connectivity index (χ0v) is 13.1. The molecule has 0 aromatic heterocycles. The SMILES string of the molecule is NC(Cc1ccc(Oc2ccc(O)cc2)c(I)c1)C(=O)O. The van der Waals surface area contributed by atoms with E-state index in [0.29, 0.717) is 11.5 Å². The summed E-state index contributed by atoms with van der Waals surface area (Å²) in [5.41, 5.74) is 6.36. The minimum absolute atomic E-state index is 0.176. The third-order valence-electron chi connectivity index (χ3n) is 2.83. The first-order valence-corrected chi connectivity index (χ1v) is 7.27. The minimum atomic E-state index is -1.02. The number of rotatable bonds is 5. The smallest absolute Gasteiger partial charge is 0.320 e. The Morgan fingerprint density at radius 2 is 1.90 bits per heavy atom. The van der Waals surface area contributed by atoms with Crippen LogP contribution in [-0.4, -0.2) is 22.2 Å². The van der Waals surface area contributed by atoms with Crippen molar-refractivity contribution in [3.8, 4) is 17.2 Å². The van der Waals surface area contributed by atoms with Crippen molar-refractivity contribution in [2.75, 3.05) is 0 Å². The van der Waals surface area contributed by atoms with Crippen LogP contribution in [0.3, 0.4) is 0 Å². The van der Waals surface area contributed by atoms with Gasteiger partial charge in [0.05, 0.1) is 3.57 Å². The second kappa shape index (κ2) is 6.77. The normalized spacial score (nSPS) is 11.9. The summed E-state index contributed by atoms with van der Waals surface area (Å²) < 4.78 is 6.56. The van der Waals surface area contributed by atoms with Gasteiger partial charge in [-0.2, -0.15) is 0 Å². The van der Waals surface area contributed by atoms with Gasteiger partial charge in [0.25, 0.3) is 0 Å². The van der Waals surface area contributed by atoms with Crippen molar-refractivity contribution in [1.82, 2.24) is 0 Å². The fourth-order valence-electron chi connectivity index (χ4n) is 1.74. The quantitative estimate of drug-likeness (QED) is 0.673. The van der Waals surface area contributed by atoms with Gasteiger partial charge in [0.2, 0.25) is 0 Å². The number of phenols is 1. The van der Waals surface area contributed by atoms with Crippen LogP contribution in [-0.2, 0) is 11.2 Å². The molecule has 2 aromatic carbocycles. The third-order valence-corrected chi connectivity index (χ3v) is 3.68. The molecule has 6 heteroatoms. The van der Waals surface area contributed by atoms with Crippen molar-refractivity contribution >= 4 is 28.6 Å². The van der Waals surface area contributed by atoms with Crippen molar-refractivity contribution in [2.45, 2.75) is 12.5 Å². The molecule has 0 aliphatic rings. The van der Waals surface area contributed by atoms with E-state index in [1.54, 1.807) is 36.4 Å². The van der Waals surface area contributed by atoms with E-state index < -0.39 is 12.0 Å². The molecule has 1 unspecified atom stereocenters. The number of benzene rings is 2. The standard InChI is InChI=1S/C15H14INO4/c16-12-7-9(8-13(17)15(19)20)1-6-14(12)21-11-4-2-10(18)3-5-11/h1-7,13,18H,8,17H2,(H,19,20). The lowest BCUT2D eigenvalue weighted by Gasteiger charge is -2.11. The lowest BCUT2D eigenvalue weighted by molar-refractivity contribution is -0.138. The highest BCUT2D eigenvalue weighted by Gasteiger charge is 2.13. The maximum atomic E-state index is 10.8. The van der Waals surface area contributed by atoms with Gasteiger partial charge in [-0.1, -0.05) is 6.07 Å². The average Bonchev–Trinajstić information content (AvgIpc) is 2.44. The van der Waals surface area contributed by atoms with Crippen LogP contribution in [0.4, 0.5) is 0 Å². The molecule has 0 fully saturated rings. The molecule has 0 saturated carbocycles. The van der Waals surface area contributed by atoms with Gasteiger partial charge in [-0.3, -0.25) is 4.79 Å². The molecule has 0 saturated heterocycles. The third kappa shape index (κ3) is 4.33. The van der Waals surface area contributed by atoms with E-state index in [4.69, 9.17) is 15.6 Å². The summed E-state index contributed by atoms with van der Waals surface area (Å²) in [7, 11) is 0. The number of aromatic hydroxyl groups is 1. The molecule has 2 rings (SSSR count). The van der Waals surface area contributed by atoms with Gasteiger partial charge in [-0.15, -0.1) is 0 Å². The highest BCUT2D eigenvalue weighted by molar-refractivity contribution is 14.1. The van der Waals surface area contributed by atoms with Gasteiger partial charge in [0.1, 0.15) is 23.3 Å². The van der Waals surface area contributed by atoms with Crippen LogP contribution in [0, 0.1) is 3.57 Å². The van der Waals surface area contributed by atoms with E-state index in [2.05, 4.69) is 22.6 Å². The van der Waals surface area contributed by atoms with Gasteiger partial charge in [-0.05, 0) is 71.0 Å². The van der Waals surface area contributed by atoms with Gasteiger partial charge < -0.3 is 20.7 Å². The Bertz CT molecular complexity index is 643. The lowest BCUT2D eigenvalue weighted by atomic mass is 10.1. The highest BCUT2D eigenvalue weighted by Crippen LogP contribution is 2.28. The summed E-state index contributed by atoms with van der Waals surface area (Å²) in [4.78, 5) is 10.8. The zero-order valence-electron chi connectivity index (χ0n) is 11.0. The summed E-state index contributed by atoms with van der Waals surface area (Å²) >= 11 is 2.12. The molecule has 0 heterocycles. The van der Waals surface area contributed by atoms with Gasteiger partial charge in [0.15, 0.2) is 0 Å². The fraction of sp³-hybridized carbons (Fsp3) is 0.133. The van der Waals surface area contributed by atoms with Crippen LogP contribution in [0.2, 0.25) is 0 Å². The number of ether oxygens (including phenoxy) is 1. The molecule has 21 heavy (non-hydrogen) atoms. The number of aliphatic carboxylic acids is 1. The molecule has 0 aliphatic heterocycles. The van der Waals surface area contributed by atoms with Crippen LogP contribution in [0.1, 0.15) is 5.56 Å². The summed E-state index contributed by atoms with van der Waals surface area (Å²) in [5, 5.41) is 18.0. The van der Waals surface area contributed by atoms with Crippen LogP contribution in [0.25, 0.3) is 0 Å². The van der Waals surface area contributed by atoms with Crippen LogP contribution in [0.15, 0.2) is 42.5 Å². The maximum Gasteiger partial charge on any atom is 0.320 e. The second-order valence-electron chi connectivity index (χ2n) is 4.51. The molecule has 0 radical (unpaired) electrons. The van der Waals surface area contributed by atoms with E-state index >= 15 is 0 Å². The van der Waals surface area contributed by atoms with Crippen LogP contribution >= 0.6 is 22.6 Å². The number of phenolic OH excluding ortho intramolecular Hbond substituents is 1. The Morgan fingerprint density at radius 3 is 2.48 bits per heavy atom. The molecule has 0 aliphatic carbocycles. The first-order chi connectivity index (χ1) is 9.95.